The number of aromatic hydroxyl groups is 1. The third-order valence-corrected chi connectivity index (χ3v) is 4.82. The van der Waals surface area contributed by atoms with Crippen LogP contribution in [0.25, 0.3) is 0 Å². The van der Waals surface area contributed by atoms with Crippen LogP contribution in [-0.4, -0.2) is 23.5 Å². The number of nitrogens with one attached hydrogen (secondary N) is 1. The number of nitrogens with zero attached hydrogens (tertiary/aromatic N) is 1. The second kappa shape index (κ2) is 7.67. The molecule has 0 bridgehead atoms. The standard InChI is InChI=1S/C23H20N2O4/c1-15-12-18(26)10-11-19(15)24-23(28)17-8-6-16(7-9-17)13-25-20-4-2-3-5-21(20)29-14-22(25)27/h2-12,26H,13-14H2,1H3,(H,24,28). The SMILES string of the molecule is Cc1cc(O)ccc1NC(=O)c1ccc(CN2C(=O)COc3ccccc32)cc1. The summed E-state index contributed by atoms with van der Waals surface area (Å²) in [5.41, 5.74) is 3.59. The maximum atomic E-state index is 12.5. The molecule has 1 aliphatic rings. The Morgan fingerprint density at radius 1 is 1.10 bits per heavy atom. The summed E-state index contributed by atoms with van der Waals surface area (Å²) in [6.45, 7) is 2.23. The zero-order valence-corrected chi connectivity index (χ0v) is 15.9. The molecule has 0 saturated carbocycles. The van der Waals surface area contributed by atoms with Crippen molar-refractivity contribution in [3.63, 3.8) is 0 Å². The van der Waals surface area contributed by atoms with Gasteiger partial charge in [-0.05, 0) is 60.5 Å². The van der Waals surface area contributed by atoms with Gasteiger partial charge in [-0.25, -0.2) is 0 Å². The molecule has 0 aromatic heterocycles. The summed E-state index contributed by atoms with van der Waals surface area (Å²) in [5.74, 6) is 0.503. The molecule has 4 rings (SSSR count). The highest BCUT2D eigenvalue weighted by molar-refractivity contribution is 6.04. The second-order valence-electron chi connectivity index (χ2n) is 6.89. The van der Waals surface area contributed by atoms with Crippen LogP contribution in [0, 0.1) is 6.92 Å². The molecule has 0 atom stereocenters. The maximum Gasteiger partial charge on any atom is 0.265 e. The van der Waals surface area contributed by atoms with Gasteiger partial charge in [0, 0.05) is 11.3 Å². The number of hydrogen-bond donors (Lipinski definition) is 2. The highest BCUT2D eigenvalue weighted by Gasteiger charge is 2.25. The highest BCUT2D eigenvalue weighted by Crippen LogP contribution is 2.32. The fourth-order valence-corrected chi connectivity index (χ4v) is 3.25. The number of carbonyl (C=O) groups excluding carboxylic acids is 2. The lowest BCUT2D eigenvalue weighted by atomic mass is 10.1. The monoisotopic (exact) mass is 388 g/mol. The van der Waals surface area contributed by atoms with E-state index in [2.05, 4.69) is 5.32 Å². The molecule has 0 radical (unpaired) electrons. The molecule has 6 nitrogen and oxygen atoms in total. The van der Waals surface area contributed by atoms with Crippen LogP contribution in [0.5, 0.6) is 11.5 Å². The maximum absolute atomic E-state index is 12.5. The third kappa shape index (κ3) is 3.91. The second-order valence-corrected chi connectivity index (χ2v) is 6.89. The molecule has 2 N–H and O–H groups in total. The summed E-state index contributed by atoms with van der Waals surface area (Å²) >= 11 is 0. The zero-order chi connectivity index (χ0) is 20.4. The molecule has 0 fully saturated rings. The normalized spacial score (nSPS) is 12.9. The number of ether oxygens (including phenoxy) is 1. The Morgan fingerprint density at radius 3 is 2.62 bits per heavy atom. The first-order valence-corrected chi connectivity index (χ1v) is 9.23. The molecule has 3 aromatic rings. The predicted molar refractivity (Wildman–Crippen MR) is 110 cm³/mol. The third-order valence-electron chi connectivity index (χ3n) is 4.82. The van der Waals surface area contributed by atoms with Gasteiger partial charge >= 0.3 is 0 Å². The quantitative estimate of drug-likeness (QED) is 0.665. The first-order valence-electron chi connectivity index (χ1n) is 9.23. The van der Waals surface area contributed by atoms with Gasteiger partial charge in [0.2, 0.25) is 0 Å². The predicted octanol–water partition coefficient (Wildman–Crippen LogP) is 3.88. The summed E-state index contributed by atoms with van der Waals surface area (Å²) in [7, 11) is 0. The number of carbonyl (C=O) groups is 2. The number of para-hydroxylation sites is 2. The fraction of sp³-hybridized carbons (Fsp3) is 0.130. The van der Waals surface area contributed by atoms with Crippen molar-refractivity contribution < 1.29 is 19.4 Å². The van der Waals surface area contributed by atoms with E-state index < -0.39 is 0 Å². The molecule has 0 spiro atoms. The van der Waals surface area contributed by atoms with E-state index in [1.54, 1.807) is 29.2 Å². The number of aryl methyl sites for hydroxylation is 1. The number of anilines is 2. The lowest BCUT2D eigenvalue weighted by Crippen LogP contribution is -2.38. The van der Waals surface area contributed by atoms with Crippen molar-refractivity contribution in [1.29, 1.82) is 0 Å². The van der Waals surface area contributed by atoms with Gasteiger partial charge in [0.05, 0.1) is 12.2 Å². The van der Waals surface area contributed by atoms with Crippen LogP contribution in [-0.2, 0) is 11.3 Å². The van der Waals surface area contributed by atoms with Crippen molar-refractivity contribution >= 4 is 23.2 Å². The highest BCUT2D eigenvalue weighted by atomic mass is 16.5. The smallest absolute Gasteiger partial charge is 0.265 e. The Kier molecular flexibility index (Phi) is 4.91. The van der Waals surface area contributed by atoms with E-state index in [1.165, 1.54) is 6.07 Å². The van der Waals surface area contributed by atoms with Crippen molar-refractivity contribution in [1.82, 2.24) is 0 Å². The van der Waals surface area contributed by atoms with Crippen molar-refractivity contribution in [2.24, 2.45) is 0 Å². The number of amides is 2. The minimum Gasteiger partial charge on any atom is -0.508 e. The van der Waals surface area contributed by atoms with Crippen LogP contribution >= 0.6 is 0 Å². The average Bonchev–Trinajstić information content (AvgIpc) is 2.72. The molecule has 6 heteroatoms. The van der Waals surface area contributed by atoms with Crippen LogP contribution in [0.1, 0.15) is 21.5 Å². The van der Waals surface area contributed by atoms with Gasteiger partial charge < -0.3 is 20.1 Å². The van der Waals surface area contributed by atoms with E-state index in [9.17, 15) is 14.7 Å². The summed E-state index contributed by atoms with van der Waals surface area (Å²) in [6, 6.07) is 19.4. The molecular formula is C23H20N2O4. The molecule has 2 amide bonds. The summed E-state index contributed by atoms with van der Waals surface area (Å²) in [5, 5.41) is 12.3. The Bertz CT molecular complexity index is 1080. The molecule has 146 valence electrons. The van der Waals surface area contributed by atoms with E-state index in [0.29, 0.717) is 23.5 Å². The van der Waals surface area contributed by atoms with Gasteiger partial charge in [0.15, 0.2) is 6.61 Å². The van der Waals surface area contributed by atoms with Crippen molar-refractivity contribution in [3.05, 3.63) is 83.4 Å². The molecule has 29 heavy (non-hydrogen) atoms. The summed E-state index contributed by atoms with van der Waals surface area (Å²) < 4.78 is 5.47. The Hall–Kier alpha value is -3.80. The first kappa shape index (κ1) is 18.6. The largest absolute Gasteiger partial charge is 0.508 e. The lowest BCUT2D eigenvalue weighted by molar-refractivity contribution is -0.121. The molecular weight excluding hydrogens is 368 g/mol. The van der Waals surface area contributed by atoms with E-state index in [4.69, 9.17) is 4.74 Å². The topological polar surface area (TPSA) is 78.9 Å². The molecule has 3 aromatic carbocycles. The molecule has 0 unspecified atom stereocenters. The molecule has 0 saturated heterocycles. The minimum absolute atomic E-state index is 0.0173. The van der Waals surface area contributed by atoms with Crippen molar-refractivity contribution in [3.8, 4) is 11.5 Å². The van der Waals surface area contributed by atoms with E-state index in [1.807, 2.05) is 43.3 Å². The summed E-state index contributed by atoms with van der Waals surface area (Å²) in [6.07, 6.45) is 0. The van der Waals surface area contributed by atoms with E-state index in [-0.39, 0.29) is 24.2 Å². The summed E-state index contributed by atoms with van der Waals surface area (Å²) in [4.78, 5) is 26.5. The number of fused-ring (bicyclic) bond motifs is 1. The number of hydrogen-bond acceptors (Lipinski definition) is 4. The van der Waals surface area contributed by atoms with Crippen molar-refractivity contribution in [2.75, 3.05) is 16.8 Å². The van der Waals surface area contributed by atoms with Gasteiger partial charge in [-0.2, -0.15) is 0 Å². The number of benzene rings is 3. The lowest BCUT2D eigenvalue weighted by Gasteiger charge is -2.29. The van der Waals surface area contributed by atoms with E-state index >= 15 is 0 Å². The van der Waals surface area contributed by atoms with Crippen molar-refractivity contribution in [2.45, 2.75) is 13.5 Å². The van der Waals surface area contributed by atoms with Gasteiger partial charge in [-0.1, -0.05) is 24.3 Å². The molecule has 1 heterocycles. The molecule has 0 aliphatic carbocycles. The van der Waals surface area contributed by atoms with Crippen LogP contribution in [0.15, 0.2) is 66.7 Å². The number of phenolic OH excluding ortho intramolecular Hbond substituents is 1. The Morgan fingerprint density at radius 2 is 1.86 bits per heavy atom. The van der Waals surface area contributed by atoms with Crippen LogP contribution in [0.4, 0.5) is 11.4 Å². The van der Waals surface area contributed by atoms with Gasteiger partial charge in [-0.3, -0.25) is 9.59 Å². The van der Waals surface area contributed by atoms with Crippen LogP contribution < -0.4 is 15.0 Å². The van der Waals surface area contributed by atoms with Crippen LogP contribution in [0.2, 0.25) is 0 Å². The Labute approximate surface area is 168 Å². The van der Waals surface area contributed by atoms with Crippen LogP contribution in [0.3, 0.4) is 0 Å². The van der Waals surface area contributed by atoms with Gasteiger partial charge in [-0.15, -0.1) is 0 Å². The Balaban J connectivity index is 1.48. The zero-order valence-electron chi connectivity index (χ0n) is 15.9. The minimum atomic E-state index is -0.238. The molecule has 1 aliphatic heterocycles. The van der Waals surface area contributed by atoms with Gasteiger partial charge in [0.1, 0.15) is 11.5 Å². The average molecular weight is 388 g/mol. The number of phenols is 1. The van der Waals surface area contributed by atoms with E-state index in [0.717, 1.165) is 16.8 Å². The van der Waals surface area contributed by atoms with Gasteiger partial charge in [0.25, 0.3) is 11.8 Å². The number of rotatable bonds is 4. The fourth-order valence-electron chi connectivity index (χ4n) is 3.25. The first-order chi connectivity index (χ1) is 14.0.